The Labute approximate surface area is 283 Å². The van der Waals surface area contributed by atoms with Gasteiger partial charge < -0.3 is 141 Å². The van der Waals surface area contributed by atoms with Crippen LogP contribution in [0.3, 0.4) is 0 Å². The van der Waals surface area contributed by atoms with Gasteiger partial charge in [-0.1, -0.05) is 0 Å². The molecule has 0 spiro atoms. The molecule has 2 radical (unpaired) electrons. The number of nitrogens with zero attached hydrogens (tertiary/aromatic N) is 10. The van der Waals surface area contributed by atoms with Crippen molar-refractivity contribution in [2.75, 3.05) is 0 Å². The van der Waals surface area contributed by atoms with Gasteiger partial charge in [0.2, 0.25) is 0 Å². The number of nitroso groups, excluding NO2 is 2. The van der Waals surface area contributed by atoms with E-state index in [1.807, 2.05) is 0 Å². The molecule has 0 unspecified atom stereocenters. The van der Waals surface area contributed by atoms with Crippen LogP contribution in [-0.4, -0.2) is 11.0 Å². The average Bonchev–Trinajstić information content (AvgIpc) is 2.63. The van der Waals surface area contributed by atoms with Crippen LogP contribution in [0.2, 0.25) is 0 Å². The summed E-state index contributed by atoms with van der Waals surface area (Å²) in [5.41, 5.74) is 11.5. The van der Waals surface area contributed by atoms with Crippen molar-refractivity contribution in [2.24, 2.45) is 42.7 Å². The molecule has 0 heterocycles. The normalized spacial score (nSPS) is 2.48. The predicted octanol–water partition coefficient (Wildman–Crippen LogP) is 2.04. The van der Waals surface area contributed by atoms with Gasteiger partial charge in [0.25, 0.3) is 0 Å². The summed E-state index contributed by atoms with van der Waals surface area (Å²) in [5, 5.41) is 72.0. The summed E-state index contributed by atoms with van der Waals surface area (Å²) in [7, 11) is 0. The molecule has 0 aliphatic rings. The summed E-state index contributed by atoms with van der Waals surface area (Å²) in [6.07, 6.45) is 0. The van der Waals surface area contributed by atoms with E-state index in [1.165, 1.54) is 0 Å². The summed E-state index contributed by atoms with van der Waals surface area (Å²) in [4.78, 5) is 78.5. The Morgan fingerprint density at radius 3 is 0.286 bits per heavy atom. The summed E-state index contributed by atoms with van der Waals surface area (Å²) in [5.74, 6) is 0. The molecule has 0 aromatic heterocycles. The van der Waals surface area contributed by atoms with Crippen LogP contribution in [0.15, 0.2) is 42.7 Å². The van der Waals surface area contributed by atoms with Crippen LogP contribution >= 0.6 is 0 Å². The number of rotatable bonds is 0. The smallest absolute Gasteiger partial charge is 0.870 e. The molecular weight excluding hydrogens is 987 g/mol. The van der Waals surface area contributed by atoms with E-state index in [0.29, 0.717) is 0 Å². The van der Waals surface area contributed by atoms with E-state index in [9.17, 15) is 0 Å². The monoisotopic (exact) mass is 1010 g/mol. The van der Waals surface area contributed by atoms with Crippen LogP contribution in [0.25, 0.3) is 0 Å². The van der Waals surface area contributed by atoms with Crippen molar-refractivity contribution in [3.8, 4) is 0 Å². The molecule has 0 saturated carbocycles. The van der Waals surface area contributed by atoms with E-state index >= 15 is 0 Å². The molecule has 38 nitrogen and oxygen atoms in total. The Balaban J connectivity index is -0.00000000377. The van der Waals surface area contributed by atoms with Crippen LogP contribution in [0.5, 0.6) is 0 Å². The van der Waals surface area contributed by atoms with E-state index in [1.54, 1.807) is 0 Å². The molecular formula is H26N18O20Pd2Ru2-6. The van der Waals surface area contributed by atoms with Gasteiger partial charge in [-0.05, 0) is 0 Å². The Bertz CT molecular complexity index is 215. The van der Waals surface area contributed by atoms with Gasteiger partial charge in [0.15, 0.2) is 0 Å². The van der Waals surface area contributed by atoms with E-state index in [-0.39, 0.29) is 140 Å². The second kappa shape index (κ2) is 2400. The summed E-state index contributed by atoms with van der Waals surface area (Å²) < 4.78 is 0. The molecule has 278 valence electrons. The first-order valence-corrected chi connectivity index (χ1v) is 3.29. The Kier molecular flexibility index (Phi) is 14700. The van der Waals surface area contributed by atoms with Crippen LogP contribution in [0.4, 0.5) is 0 Å². The largest absolute Gasteiger partial charge is 2.00 e. The van der Waals surface area contributed by atoms with Gasteiger partial charge in [-0.25, -0.2) is 0 Å². The first-order valence-electron chi connectivity index (χ1n) is 3.29. The summed E-state index contributed by atoms with van der Waals surface area (Å²) in [6, 6.07) is 0. The van der Waals surface area contributed by atoms with Crippen molar-refractivity contribution in [1.29, 1.82) is 0 Å². The second-order valence-corrected chi connectivity index (χ2v) is 0.596. The fraction of sp³-hybridized carbons (Fsp3) is 0. The molecule has 26 N–H and O–H groups in total. The number of hydrogen-bond acceptors (Lipinski definition) is 36. The molecule has 0 amide bonds. The van der Waals surface area contributed by atoms with Crippen molar-refractivity contribution in [1.82, 2.24) is 60.4 Å². The number of hydrogen-bond donors (Lipinski definition) is 8. The maximum absolute atomic E-state index is 8.00. The molecule has 0 fully saturated rings. The molecule has 0 atom stereocenters. The standard InChI is InChI=1S/8HNO2.2NO.8H3N.2H2O.2Pd.2Ru/c8*2-1-3;2*1-2;;;;;;;;;;;;;;/h8*(H,2,3);;;8*1H3;2*1H2;;;;/q;;;;;;;;;;;;;;;;;;;;;;2*+2/p-10. The Morgan fingerprint density at radius 2 is 0.286 bits per heavy atom. The van der Waals surface area contributed by atoms with Crippen LogP contribution in [-0.2, 0) is 79.8 Å². The molecule has 42 heavy (non-hydrogen) atoms. The maximum Gasteiger partial charge on any atom is 2.00 e. The van der Waals surface area contributed by atoms with Gasteiger partial charge in [0.1, 0.15) is 11.2 Å². The van der Waals surface area contributed by atoms with Gasteiger partial charge >= 0.3 is 39.0 Å². The predicted molar refractivity (Wildman–Crippen MR) is 128 cm³/mol. The third-order valence-corrected chi connectivity index (χ3v) is 0. The zero-order valence-corrected chi connectivity index (χ0v) is 26.3. The van der Waals surface area contributed by atoms with Gasteiger partial charge in [-0.3, -0.25) is 0 Å². The van der Waals surface area contributed by atoms with Gasteiger partial charge in [0, 0.05) is 40.8 Å². The van der Waals surface area contributed by atoms with E-state index in [4.69, 9.17) is 102 Å². The van der Waals surface area contributed by atoms with Gasteiger partial charge in [0.05, 0.1) is 0 Å². The third kappa shape index (κ3) is 3940. The summed E-state index contributed by atoms with van der Waals surface area (Å²) in [6.45, 7) is 0. The molecule has 0 aliphatic carbocycles. The van der Waals surface area contributed by atoms with Crippen molar-refractivity contribution >= 4 is 0 Å². The SMILES string of the molecule is N.N.N.N.N.N.N.N.O=N[O-].O=N[O-].O=N[O-].O=N[O-].O=N[O-].O=N[O-].O=N[O-].O=N[O-].[N]=O.[N]=O.[OH-].[OH-].[Pd].[Pd].[Ru+2].[Ru+2]. The Morgan fingerprint density at radius 1 is 0.286 bits per heavy atom. The van der Waals surface area contributed by atoms with Crippen LogP contribution < -0.4 is 60.4 Å². The van der Waals surface area contributed by atoms with Crippen molar-refractivity contribution in [3.63, 3.8) is 0 Å². The first-order chi connectivity index (χ1) is 13.3. The fourth-order valence-electron chi connectivity index (χ4n) is 0. The van der Waals surface area contributed by atoms with Crippen molar-refractivity contribution in [2.45, 2.75) is 0 Å². The minimum absolute atomic E-state index is 0. The van der Waals surface area contributed by atoms with Crippen LogP contribution in [0, 0.1) is 90.7 Å². The minimum Gasteiger partial charge on any atom is -0.870 e. The fourth-order valence-corrected chi connectivity index (χ4v) is 0. The zero-order chi connectivity index (χ0) is 25.7. The average molecular weight is 1010 g/mol. The molecule has 0 bridgehead atoms. The molecule has 0 aliphatic heterocycles. The van der Waals surface area contributed by atoms with E-state index < -0.39 is 0 Å². The molecule has 0 aromatic carbocycles. The quantitative estimate of drug-likeness (QED) is 0.0977. The molecule has 0 saturated heterocycles. The van der Waals surface area contributed by atoms with Crippen LogP contribution in [0.1, 0.15) is 0 Å². The van der Waals surface area contributed by atoms with Crippen molar-refractivity contribution < 1.29 is 90.8 Å². The topological polar surface area (TPSA) is 839 Å². The zero-order valence-electron chi connectivity index (χ0n) is 19.7. The molecule has 0 rings (SSSR count). The van der Waals surface area contributed by atoms with E-state index in [0.717, 1.165) is 42.7 Å². The Hall–Kier alpha value is -3.43. The molecule has 0 aromatic rings. The maximum atomic E-state index is 8.00. The third-order valence-electron chi connectivity index (χ3n) is 0. The first kappa shape index (κ1) is 256. The second-order valence-electron chi connectivity index (χ2n) is 0.596. The minimum atomic E-state index is 0. The van der Waals surface area contributed by atoms with E-state index in [2.05, 4.69) is 0 Å². The van der Waals surface area contributed by atoms with Crippen molar-refractivity contribution in [3.05, 3.63) is 90.7 Å². The molecule has 42 heteroatoms. The van der Waals surface area contributed by atoms with Gasteiger partial charge in [-0.2, -0.15) is 0 Å². The van der Waals surface area contributed by atoms with Gasteiger partial charge in [-0.15, -0.1) is 52.5 Å². The summed E-state index contributed by atoms with van der Waals surface area (Å²) >= 11 is 0.